The predicted molar refractivity (Wildman–Crippen MR) is 69.5 cm³/mol. The summed E-state index contributed by atoms with van der Waals surface area (Å²) in [6.45, 7) is 1.77. The van der Waals surface area contributed by atoms with Gasteiger partial charge >= 0.3 is 0 Å². The maximum Gasteiger partial charge on any atom is 0.242 e. The molecule has 0 amide bonds. The number of rotatable bonds is 5. The Hall–Kier alpha value is -1.09. The van der Waals surface area contributed by atoms with Crippen LogP contribution in [0, 0.1) is 0 Å². The average molecular weight is 287 g/mol. The Morgan fingerprint density at radius 1 is 1.44 bits per heavy atom. The van der Waals surface area contributed by atoms with Crippen molar-refractivity contribution in [2.45, 2.75) is 24.3 Å². The molecule has 1 aliphatic heterocycles. The third-order valence-electron chi connectivity index (χ3n) is 2.52. The van der Waals surface area contributed by atoms with Crippen molar-refractivity contribution in [3.63, 3.8) is 0 Å². The average Bonchev–Trinajstić information content (AvgIpc) is 2.83. The van der Waals surface area contributed by atoms with Gasteiger partial charge in [0, 0.05) is 6.54 Å². The first-order valence-corrected chi connectivity index (χ1v) is 7.65. The number of aliphatic hydroxyl groups is 1. The molecule has 98 valence electrons. The molecule has 0 fully saturated rings. The minimum atomic E-state index is -3.67. The predicted octanol–water partition coefficient (Wildman–Crippen LogP) is 1.46. The van der Waals surface area contributed by atoms with Crippen LogP contribution in [0.5, 0.6) is 0 Å². The van der Waals surface area contributed by atoms with E-state index in [4.69, 9.17) is 0 Å². The maximum atomic E-state index is 12.1. The lowest BCUT2D eigenvalue weighted by atomic mass is 10.3. The number of benzene rings is 1. The zero-order valence-electron chi connectivity index (χ0n) is 9.70. The maximum absolute atomic E-state index is 12.1. The molecule has 0 aliphatic carbocycles. The summed E-state index contributed by atoms with van der Waals surface area (Å²) >= 11 is 0.970. The van der Waals surface area contributed by atoms with Gasteiger partial charge in [-0.25, -0.2) is 13.1 Å². The van der Waals surface area contributed by atoms with Crippen LogP contribution < -0.4 is 4.72 Å². The number of nitrogens with one attached hydrogen (secondary N) is 1. The fraction of sp³-hybridized carbons (Fsp3) is 0.400. The smallest absolute Gasteiger partial charge is 0.242 e. The van der Waals surface area contributed by atoms with Gasteiger partial charge in [-0.15, -0.1) is 0 Å². The molecule has 2 rings (SSSR count). The van der Waals surface area contributed by atoms with Crippen LogP contribution in [0.3, 0.4) is 0 Å². The molecular formula is C10H13N3O3S2. The zero-order chi connectivity index (χ0) is 13.2. The summed E-state index contributed by atoms with van der Waals surface area (Å²) in [5.41, 5.74) is 0.917. The van der Waals surface area contributed by atoms with Crippen LogP contribution in [-0.2, 0) is 21.4 Å². The third-order valence-corrected chi connectivity index (χ3v) is 4.52. The van der Waals surface area contributed by atoms with E-state index in [9.17, 15) is 13.5 Å². The molecule has 0 saturated carbocycles. The molecule has 0 radical (unpaired) electrons. The van der Waals surface area contributed by atoms with Crippen LogP contribution in [0.15, 0.2) is 31.8 Å². The van der Waals surface area contributed by atoms with Gasteiger partial charge in [-0.05, 0) is 18.6 Å². The second-order valence-electron chi connectivity index (χ2n) is 3.80. The van der Waals surface area contributed by atoms with E-state index in [1.54, 1.807) is 19.1 Å². The van der Waals surface area contributed by atoms with Crippen LogP contribution in [0.1, 0.15) is 13.3 Å². The van der Waals surface area contributed by atoms with Gasteiger partial charge in [-0.2, -0.15) is 8.73 Å². The molecule has 1 heterocycles. The van der Waals surface area contributed by atoms with Gasteiger partial charge in [0.25, 0.3) is 0 Å². The van der Waals surface area contributed by atoms with Gasteiger partial charge in [0.15, 0.2) is 0 Å². The molecule has 1 aromatic carbocycles. The van der Waals surface area contributed by atoms with E-state index in [0.29, 0.717) is 17.8 Å². The topological polar surface area (TPSA) is 91.1 Å². The van der Waals surface area contributed by atoms with E-state index < -0.39 is 16.1 Å². The van der Waals surface area contributed by atoms with Crippen molar-refractivity contribution in [2.75, 3.05) is 6.54 Å². The minimum absolute atomic E-state index is 0.00716. The number of aliphatic hydroxyl groups excluding tert-OH is 1. The molecule has 18 heavy (non-hydrogen) atoms. The van der Waals surface area contributed by atoms with E-state index >= 15 is 0 Å². The summed E-state index contributed by atoms with van der Waals surface area (Å²) < 4.78 is 34.5. The van der Waals surface area contributed by atoms with Crippen LogP contribution in [-0.4, -0.2) is 26.2 Å². The summed E-state index contributed by atoms with van der Waals surface area (Å²) in [7, 11) is -3.67. The SMILES string of the molecule is CCC(O)CNS(=O)(=O)c1cccc2c1N=S=N2. The summed E-state index contributed by atoms with van der Waals surface area (Å²) in [4.78, 5) is 0.0945. The number of fused-ring (bicyclic) bond motifs is 1. The van der Waals surface area contributed by atoms with Crippen molar-refractivity contribution in [1.29, 1.82) is 0 Å². The highest BCUT2D eigenvalue weighted by molar-refractivity contribution is 7.89. The molecule has 1 aromatic rings. The van der Waals surface area contributed by atoms with Gasteiger partial charge in [0.05, 0.1) is 17.5 Å². The molecule has 0 aromatic heterocycles. The molecule has 1 aliphatic rings. The van der Waals surface area contributed by atoms with E-state index in [1.807, 2.05) is 0 Å². The molecule has 0 saturated heterocycles. The van der Waals surface area contributed by atoms with Crippen molar-refractivity contribution >= 4 is 32.8 Å². The quantitative estimate of drug-likeness (QED) is 0.872. The molecule has 6 nitrogen and oxygen atoms in total. The molecule has 0 spiro atoms. The van der Waals surface area contributed by atoms with E-state index in [-0.39, 0.29) is 11.4 Å². The van der Waals surface area contributed by atoms with Crippen molar-refractivity contribution in [3.8, 4) is 0 Å². The highest BCUT2D eigenvalue weighted by Crippen LogP contribution is 2.37. The first kappa shape index (κ1) is 13.3. The van der Waals surface area contributed by atoms with Gasteiger partial charge in [0.2, 0.25) is 10.0 Å². The van der Waals surface area contributed by atoms with Crippen LogP contribution in [0.25, 0.3) is 0 Å². The van der Waals surface area contributed by atoms with E-state index in [2.05, 4.69) is 13.4 Å². The molecule has 8 heteroatoms. The van der Waals surface area contributed by atoms with Crippen molar-refractivity contribution < 1.29 is 13.5 Å². The zero-order valence-corrected chi connectivity index (χ0v) is 11.3. The Morgan fingerprint density at radius 3 is 2.94 bits per heavy atom. The fourth-order valence-corrected chi connectivity index (χ4v) is 3.26. The first-order valence-electron chi connectivity index (χ1n) is 5.43. The third kappa shape index (κ3) is 2.66. The van der Waals surface area contributed by atoms with E-state index in [0.717, 1.165) is 11.4 Å². The lowest BCUT2D eigenvalue weighted by Gasteiger charge is -2.11. The van der Waals surface area contributed by atoms with Gasteiger partial charge in [-0.1, -0.05) is 13.0 Å². The molecule has 0 bridgehead atoms. The van der Waals surface area contributed by atoms with Crippen LogP contribution >= 0.6 is 0 Å². The monoisotopic (exact) mass is 287 g/mol. The standard InChI is InChI=1S/C10H13N3O3S2/c1-2-7(14)6-11-18(15,16)9-5-3-4-8-10(9)13-17-12-8/h3-5,7,11,14H,2,6H2,1H3. The number of hydrogen-bond acceptors (Lipinski definition) is 5. The summed E-state index contributed by atoms with van der Waals surface area (Å²) in [6.07, 6.45) is -0.196. The van der Waals surface area contributed by atoms with Gasteiger partial charge in [-0.3, -0.25) is 0 Å². The lowest BCUT2D eigenvalue weighted by Crippen LogP contribution is -2.31. The Morgan fingerprint density at radius 2 is 2.22 bits per heavy atom. The minimum Gasteiger partial charge on any atom is -0.392 e. The largest absolute Gasteiger partial charge is 0.392 e. The molecule has 1 atom stereocenters. The fourth-order valence-electron chi connectivity index (χ4n) is 1.43. The van der Waals surface area contributed by atoms with Crippen LogP contribution in [0.4, 0.5) is 11.4 Å². The Balaban J connectivity index is 2.27. The Kier molecular flexibility index (Phi) is 3.91. The van der Waals surface area contributed by atoms with Gasteiger partial charge < -0.3 is 5.11 Å². The highest BCUT2D eigenvalue weighted by atomic mass is 32.2. The van der Waals surface area contributed by atoms with Gasteiger partial charge in [0.1, 0.15) is 16.3 Å². The second-order valence-corrected chi connectivity index (χ2v) is 6.07. The summed E-state index contributed by atoms with van der Waals surface area (Å²) in [5.74, 6) is 0. The van der Waals surface area contributed by atoms with Crippen molar-refractivity contribution in [3.05, 3.63) is 18.2 Å². The second kappa shape index (κ2) is 5.27. The molecule has 1 unspecified atom stereocenters. The number of nitrogens with zero attached hydrogens (tertiary/aromatic N) is 2. The lowest BCUT2D eigenvalue weighted by molar-refractivity contribution is 0.174. The summed E-state index contributed by atoms with van der Waals surface area (Å²) in [5, 5.41) is 9.39. The van der Waals surface area contributed by atoms with Crippen molar-refractivity contribution in [1.82, 2.24) is 4.72 Å². The van der Waals surface area contributed by atoms with Crippen molar-refractivity contribution in [2.24, 2.45) is 8.73 Å². The van der Waals surface area contributed by atoms with E-state index in [1.165, 1.54) is 6.07 Å². The molecular weight excluding hydrogens is 274 g/mol. The normalized spacial score (nSPS) is 15.2. The Bertz CT molecular complexity index is 621. The molecule has 2 N–H and O–H groups in total. The number of hydrogen-bond donors (Lipinski definition) is 2. The Labute approximate surface area is 109 Å². The number of sulfonamides is 1. The van der Waals surface area contributed by atoms with Crippen LogP contribution in [0.2, 0.25) is 0 Å². The summed E-state index contributed by atoms with van der Waals surface area (Å²) in [6, 6.07) is 4.80. The first-order chi connectivity index (χ1) is 8.54. The highest BCUT2D eigenvalue weighted by Gasteiger charge is 2.22.